The third kappa shape index (κ3) is 5.09. The summed E-state index contributed by atoms with van der Waals surface area (Å²) in [6, 6.07) is 63.1. The summed E-state index contributed by atoms with van der Waals surface area (Å²) < 4.78 is 4.55. The predicted molar refractivity (Wildman–Crippen MR) is 226 cm³/mol. The van der Waals surface area contributed by atoms with Gasteiger partial charge in [-0.05, 0) is 48.5 Å². The average Bonchev–Trinajstić information content (AvgIpc) is 3.98. The van der Waals surface area contributed by atoms with Crippen molar-refractivity contribution in [3.63, 3.8) is 0 Å². The fourth-order valence-corrected chi connectivity index (χ4v) is 8.83. The van der Waals surface area contributed by atoms with E-state index in [1.807, 2.05) is 36.4 Å². The van der Waals surface area contributed by atoms with E-state index in [-0.39, 0.29) is 0 Å². The van der Waals surface area contributed by atoms with E-state index in [0.717, 1.165) is 98.9 Å². The molecule has 7 heteroatoms. The summed E-state index contributed by atoms with van der Waals surface area (Å²) >= 11 is 1.61. The summed E-state index contributed by atoms with van der Waals surface area (Å²) in [6.45, 7) is 0. The molecule has 0 unspecified atom stereocenters. The first-order valence-corrected chi connectivity index (χ1v) is 19.1. The highest BCUT2D eigenvalue weighted by Crippen LogP contribution is 2.43. The van der Waals surface area contributed by atoms with Crippen LogP contribution in [0.1, 0.15) is 0 Å². The molecule has 0 bridgehead atoms. The molecule has 5 aromatic heterocycles. The van der Waals surface area contributed by atoms with Crippen LogP contribution in [0.3, 0.4) is 0 Å². The minimum atomic E-state index is 0.840. The van der Waals surface area contributed by atoms with E-state index in [1.54, 1.807) is 11.3 Å². The zero-order valence-corrected chi connectivity index (χ0v) is 30.2. The van der Waals surface area contributed by atoms with Crippen LogP contribution in [0.4, 0.5) is 0 Å². The molecule has 0 atom stereocenters. The second-order valence-electron chi connectivity index (χ2n) is 13.5. The van der Waals surface area contributed by atoms with Crippen molar-refractivity contribution < 1.29 is 0 Å². The largest absolute Gasteiger partial charge is 0.293 e. The second kappa shape index (κ2) is 12.7. The van der Waals surface area contributed by atoms with Crippen LogP contribution in [0.15, 0.2) is 182 Å². The van der Waals surface area contributed by atoms with Gasteiger partial charge in [-0.3, -0.25) is 9.13 Å². The van der Waals surface area contributed by atoms with Crippen LogP contribution < -0.4 is 0 Å². The van der Waals surface area contributed by atoms with Crippen molar-refractivity contribution in [2.24, 2.45) is 0 Å². The summed E-state index contributed by atoms with van der Waals surface area (Å²) in [5, 5.41) is 16.1. The molecule has 0 fully saturated rings. The van der Waals surface area contributed by atoms with Crippen LogP contribution >= 0.6 is 11.3 Å². The molecule has 0 aliphatic carbocycles. The molecule has 0 spiro atoms. The van der Waals surface area contributed by atoms with Gasteiger partial charge in [0.1, 0.15) is 21.7 Å². The molecule has 0 radical (unpaired) electrons. The Morgan fingerprint density at radius 3 is 1.22 bits per heavy atom. The van der Waals surface area contributed by atoms with Gasteiger partial charge in [0.05, 0.1) is 33.5 Å². The van der Waals surface area contributed by atoms with Crippen LogP contribution in [-0.4, -0.2) is 29.3 Å². The Labute approximate surface area is 320 Å². The van der Waals surface area contributed by atoms with Gasteiger partial charge in [0.2, 0.25) is 0 Å². The highest BCUT2D eigenvalue weighted by atomic mass is 32.1. The molecule has 0 aliphatic heterocycles. The Kier molecular flexibility index (Phi) is 7.25. The summed E-state index contributed by atoms with van der Waals surface area (Å²) in [6.07, 6.45) is 0. The van der Waals surface area contributed by atoms with Gasteiger partial charge in [-0.1, -0.05) is 145 Å². The Bertz CT molecular complexity index is 3000. The fraction of sp³-hybridized carbons (Fsp3) is 0. The van der Waals surface area contributed by atoms with Crippen LogP contribution in [0.5, 0.6) is 0 Å². The number of benzene rings is 6. The molecule has 0 saturated carbocycles. The van der Waals surface area contributed by atoms with Crippen LogP contribution in [0.25, 0.3) is 98.9 Å². The number of hydrogen-bond acceptors (Lipinski definition) is 5. The maximum Gasteiger partial charge on any atom is 0.150 e. The molecule has 0 N–H and O–H groups in total. The van der Waals surface area contributed by atoms with Gasteiger partial charge in [0.25, 0.3) is 0 Å². The molecule has 0 saturated heterocycles. The Morgan fingerprint density at radius 1 is 0.345 bits per heavy atom. The van der Waals surface area contributed by atoms with E-state index in [0.29, 0.717) is 0 Å². The molecule has 11 aromatic rings. The minimum Gasteiger partial charge on any atom is -0.293 e. The maximum absolute atomic E-state index is 5.21. The first-order chi connectivity index (χ1) is 27.3. The second-order valence-corrected chi connectivity index (χ2v) is 14.5. The maximum atomic E-state index is 5.21. The standard InChI is InChI=1S/C48H30N6S/c1-3-15-31(16-4-1)39-25-13-29-43(49-39)53-41-27-9-7-19-33(41)35-21-11-23-37(45(35)53)47-51-52-48(55-47)38-24-12-22-36-34-20-8-10-28-42(34)54(46(36)38)44-30-14-26-40(50-44)32-17-5-2-6-18-32/h1-30H. The molecular weight excluding hydrogens is 693 g/mol. The number of pyridine rings is 2. The third-order valence-corrected chi connectivity index (χ3v) is 11.3. The SMILES string of the molecule is c1ccc(-c2cccc(-n3c4ccccc4c4cccc(-c5nnc(-c6cccc7c8ccccc8n(-c8cccc(-c9ccccc9)n8)c67)s5)c43)n2)cc1. The van der Waals surface area contributed by atoms with Gasteiger partial charge < -0.3 is 0 Å². The number of rotatable bonds is 6. The molecule has 0 amide bonds. The van der Waals surface area contributed by atoms with E-state index in [9.17, 15) is 0 Å². The molecule has 5 heterocycles. The third-order valence-electron chi connectivity index (χ3n) is 10.3. The highest BCUT2D eigenvalue weighted by molar-refractivity contribution is 7.18. The van der Waals surface area contributed by atoms with Crippen molar-refractivity contribution in [1.29, 1.82) is 0 Å². The van der Waals surface area contributed by atoms with Crippen LogP contribution in [-0.2, 0) is 0 Å². The lowest BCUT2D eigenvalue weighted by Gasteiger charge is -2.11. The Hall–Kier alpha value is -7.22. The first-order valence-electron chi connectivity index (χ1n) is 18.2. The molecule has 11 rings (SSSR count). The molecule has 55 heavy (non-hydrogen) atoms. The topological polar surface area (TPSA) is 61.4 Å². The highest BCUT2D eigenvalue weighted by Gasteiger charge is 2.23. The Balaban J connectivity index is 1.11. The van der Waals surface area contributed by atoms with Crippen molar-refractivity contribution in [1.82, 2.24) is 29.3 Å². The summed E-state index contributed by atoms with van der Waals surface area (Å²) in [7, 11) is 0. The molecule has 258 valence electrons. The van der Waals surface area contributed by atoms with Gasteiger partial charge in [-0.25, -0.2) is 9.97 Å². The smallest absolute Gasteiger partial charge is 0.150 e. The quantitative estimate of drug-likeness (QED) is 0.171. The Morgan fingerprint density at radius 2 is 0.745 bits per heavy atom. The lowest BCUT2D eigenvalue weighted by molar-refractivity contribution is 1.07. The van der Waals surface area contributed by atoms with Gasteiger partial charge in [-0.15, -0.1) is 10.2 Å². The van der Waals surface area contributed by atoms with E-state index in [4.69, 9.17) is 20.2 Å². The van der Waals surface area contributed by atoms with E-state index >= 15 is 0 Å². The lowest BCUT2D eigenvalue weighted by atomic mass is 10.1. The molecule has 6 aromatic carbocycles. The van der Waals surface area contributed by atoms with Crippen molar-refractivity contribution >= 4 is 54.9 Å². The molecule has 6 nitrogen and oxygen atoms in total. The molecule has 0 aliphatic rings. The van der Waals surface area contributed by atoms with Gasteiger partial charge >= 0.3 is 0 Å². The normalized spacial score (nSPS) is 11.6. The summed E-state index contributed by atoms with van der Waals surface area (Å²) in [5.41, 5.74) is 10.3. The van der Waals surface area contributed by atoms with E-state index in [2.05, 4.69) is 155 Å². The monoisotopic (exact) mass is 722 g/mol. The van der Waals surface area contributed by atoms with Crippen molar-refractivity contribution in [3.05, 3.63) is 182 Å². The average molecular weight is 723 g/mol. The minimum absolute atomic E-state index is 0.840. The molecular formula is C48H30N6S. The van der Waals surface area contributed by atoms with Gasteiger partial charge in [0.15, 0.2) is 0 Å². The predicted octanol–water partition coefficient (Wildman–Crippen LogP) is 12.2. The fourth-order valence-electron chi connectivity index (χ4n) is 7.93. The van der Waals surface area contributed by atoms with Gasteiger partial charge in [0, 0.05) is 43.8 Å². The van der Waals surface area contributed by atoms with Gasteiger partial charge in [-0.2, -0.15) is 0 Å². The zero-order chi connectivity index (χ0) is 36.3. The first kappa shape index (κ1) is 31.3. The number of fused-ring (bicyclic) bond motifs is 6. The van der Waals surface area contributed by atoms with Crippen LogP contribution in [0.2, 0.25) is 0 Å². The summed E-state index contributed by atoms with van der Waals surface area (Å²) in [5.74, 6) is 1.70. The summed E-state index contributed by atoms with van der Waals surface area (Å²) in [4.78, 5) is 10.4. The van der Waals surface area contributed by atoms with E-state index < -0.39 is 0 Å². The number of nitrogens with zero attached hydrogens (tertiary/aromatic N) is 6. The number of para-hydroxylation sites is 4. The van der Waals surface area contributed by atoms with Crippen LogP contribution in [0, 0.1) is 0 Å². The van der Waals surface area contributed by atoms with Crippen molar-refractivity contribution in [2.75, 3.05) is 0 Å². The van der Waals surface area contributed by atoms with Crippen molar-refractivity contribution in [3.8, 4) is 55.3 Å². The number of hydrogen-bond donors (Lipinski definition) is 0. The van der Waals surface area contributed by atoms with E-state index in [1.165, 1.54) is 0 Å². The zero-order valence-electron chi connectivity index (χ0n) is 29.4. The number of aromatic nitrogens is 6. The lowest BCUT2D eigenvalue weighted by Crippen LogP contribution is -1.99. The van der Waals surface area contributed by atoms with Crippen molar-refractivity contribution in [2.45, 2.75) is 0 Å².